The van der Waals surface area contributed by atoms with Gasteiger partial charge in [0, 0.05) is 29.6 Å². The third-order valence-electron chi connectivity index (χ3n) is 29.9. The second-order valence-corrected chi connectivity index (χ2v) is 44.1. The van der Waals surface area contributed by atoms with Gasteiger partial charge in [0.25, 0.3) is 0 Å². The Balaban J connectivity index is 0.000000181. The third kappa shape index (κ3) is 24.0. The van der Waals surface area contributed by atoms with Crippen LogP contribution in [0.4, 0.5) is 0 Å². The van der Waals surface area contributed by atoms with Gasteiger partial charge in [-0.25, -0.2) is 20.1 Å². The first-order valence-electron chi connectivity index (χ1n) is 45.1. The second kappa shape index (κ2) is 42.9. The van der Waals surface area contributed by atoms with Crippen molar-refractivity contribution in [2.45, 2.75) is 362 Å². The lowest BCUT2D eigenvalue weighted by atomic mass is 9.86. The molecule has 0 radical (unpaired) electrons. The molecule has 16 aliphatic rings. The van der Waals surface area contributed by atoms with Gasteiger partial charge >= 0.3 is 12.3 Å². The van der Waals surface area contributed by atoms with Crippen molar-refractivity contribution in [2.24, 2.45) is 106 Å². The zero-order valence-electron chi connectivity index (χ0n) is 72.2. The van der Waals surface area contributed by atoms with E-state index in [1.54, 1.807) is 64.1 Å². The van der Waals surface area contributed by atoms with Gasteiger partial charge in [-0.05, 0) is 332 Å². The summed E-state index contributed by atoms with van der Waals surface area (Å²) in [7, 11) is 10.7. The zero-order valence-corrected chi connectivity index (χ0v) is 74.9. The normalized spacial score (nSPS) is 40.0. The number of ether oxygens (including phenoxy) is 8. The maximum absolute atomic E-state index is 7.48. The summed E-state index contributed by atoms with van der Waals surface area (Å²) < 4.78 is 51.2. The maximum atomic E-state index is 7.48. The summed E-state index contributed by atoms with van der Waals surface area (Å²) >= 11 is -1.21. The molecular weight excluding hydrogens is 1430 g/mol. The maximum Gasteiger partial charge on any atom is 0.519 e. The molecule has 0 spiro atoms. The summed E-state index contributed by atoms with van der Waals surface area (Å²) in [6.07, 6.45) is 64.8. The van der Waals surface area contributed by atoms with Gasteiger partial charge in [0.15, 0.2) is 0 Å². The number of hydrogen-bond donors (Lipinski definition) is 0. The smallest absolute Gasteiger partial charge is 0.498 e. The Labute approximate surface area is 691 Å². The molecule has 16 rings (SSSR count). The highest BCUT2D eigenvalue weighted by molar-refractivity contribution is 7.33. The summed E-state index contributed by atoms with van der Waals surface area (Å²) in [5.74, 6) is 12.8. The Hall–Kier alpha value is -3.23. The summed E-state index contributed by atoms with van der Waals surface area (Å²) in [5.41, 5.74) is 13.0. The van der Waals surface area contributed by atoms with E-state index in [1.807, 2.05) is 20.8 Å². The van der Waals surface area contributed by atoms with Crippen LogP contribution in [0.1, 0.15) is 283 Å². The zero-order chi connectivity index (χ0) is 79.8. The SMILES string of the molecule is C=C(C)C.C=CC1CC2CC(OC(C)CC(CC(CC(CCC(C)(C)C)OC3CC4CC3C/C4=C/C)OC3CC4CC3C/C4=C\C)OC3CC4C/C(=C\C)C3C4)C1C2.C=COC1CC2C/C(=C/C)C1C2.C=COC1CC2C/C(=C\C)C1C2.C=COC1CC2CC1C/C2=C/C.C=COC1CC2CC1C/C2=C\C.C[CH2][Al]([Cl])[Cl]. The van der Waals surface area contributed by atoms with E-state index in [-0.39, 0.29) is 29.8 Å². The number of fused-ring (bicyclic) bond motifs is 16. The molecule has 620 valence electrons. The summed E-state index contributed by atoms with van der Waals surface area (Å²) in [6.45, 7) is 53.0. The molecule has 16 bridgehead atoms. The molecule has 0 aromatic carbocycles. The highest BCUT2D eigenvalue weighted by Gasteiger charge is 2.52. The van der Waals surface area contributed by atoms with Crippen LogP contribution < -0.4 is 0 Å². The van der Waals surface area contributed by atoms with E-state index in [1.165, 1.54) is 166 Å². The summed E-state index contributed by atoms with van der Waals surface area (Å²) in [4.78, 5) is 0. The molecular formula is C100H155AlCl2O8. The first kappa shape index (κ1) is 90.1. The fraction of sp³-hybridized carbons (Fsp3) is 0.740. The molecule has 0 N–H and O–H groups in total. The number of allylic oxidation sites excluding steroid dienone is 13. The molecule has 29 atom stereocenters. The van der Waals surface area contributed by atoms with Gasteiger partial charge in [-0.2, -0.15) is 0 Å². The number of hydrogen-bond acceptors (Lipinski definition) is 8. The fourth-order valence-electron chi connectivity index (χ4n) is 24.8. The molecule has 11 heteroatoms. The molecule has 0 aromatic heterocycles. The lowest BCUT2D eigenvalue weighted by Gasteiger charge is -2.37. The highest BCUT2D eigenvalue weighted by atomic mass is 35.7. The standard InChI is InChI=1S/C50H78O4.4C11H16O.C4H8.C2H5.Al.2ClH/c1-9-33-22-39-24-37(33)26-46(39)52-41(13-14-50(6,7)8)28-43(53-47-27-38-25-40(47)23-34(38)10-2)29-42(54-49-21-32-17-36(12-4)45(49)19-32)15-30(5)51-48-20-31-16-35(11-3)44(48)18-31;2*1-3-9-5-8-6-10(9)11(7-8)12-4-2;2*1-3-8-5-10-6-9(8)7-11(10)12-4-2;1-4(2)3;1-2;;;/h9-12,30-32,35,37-49H,3,13-29H2,1-2,4-8H3;2*3-4,8,10-11H,2,5-7H2,1H3;2*3-4,9-11H,2,5-7H2,1H3;1H2,2-3H3;1H2,2H3;;2*1H/q;;;;;;;+2;;/p-2/b33-9-,34-10+,36-12+;9-3+;9-3-;8-3+;8-3-;;;;;. The Morgan fingerprint density at radius 2 is 0.739 bits per heavy atom. The van der Waals surface area contributed by atoms with Crippen LogP contribution in [0, 0.1) is 106 Å². The van der Waals surface area contributed by atoms with Crippen molar-refractivity contribution in [1.82, 2.24) is 0 Å². The quantitative estimate of drug-likeness (QED) is 0.0482. The van der Waals surface area contributed by atoms with Crippen LogP contribution in [-0.2, 0) is 37.9 Å². The van der Waals surface area contributed by atoms with Crippen molar-refractivity contribution in [3.63, 3.8) is 0 Å². The van der Waals surface area contributed by atoms with Crippen LogP contribution >= 0.6 is 20.1 Å². The summed E-state index contributed by atoms with van der Waals surface area (Å²) in [5, 5.41) is 0.975. The minimum Gasteiger partial charge on any atom is -0.498 e. The lowest BCUT2D eigenvalue weighted by Crippen LogP contribution is -2.39. The summed E-state index contributed by atoms with van der Waals surface area (Å²) in [6, 6.07) is 0. The van der Waals surface area contributed by atoms with E-state index in [0.717, 1.165) is 90.1 Å². The predicted octanol–water partition coefficient (Wildman–Crippen LogP) is 27.5. The van der Waals surface area contributed by atoms with Crippen molar-refractivity contribution in [3.05, 3.63) is 158 Å². The van der Waals surface area contributed by atoms with E-state index >= 15 is 0 Å². The van der Waals surface area contributed by atoms with E-state index < -0.39 is 12.3 Å². The van der Waals surface area contributed by atoms with Crippen LogP contribution in [0.25, 0.3) is 0 Å². The van der Waals surface area contributed by atoms with Crippen molar-refractivity contribution < 1.29 is 37.9 Å². The molecule has 111 heavy (non-hydrogen) atoms. The van der Waals surface area contributed by atoms with Gasteiger partial charge < -0.3 is 37.9 Å². The predicted molar refractivity (Wildman–Crippen MR) is 468 cm³/mol. The van der Waals surface area contributed by atoms with E-state index in [9.17, 15) is 0 Å². The average Bonchev–Trinajstić information content (AvgIpc) is 1.67. The van der Waals surface area contributed by atoms with Crippen molar-refractivity contribution in [1.29, 1.82) is 0 Å². The number of rotatable bonds is 26. The van der Waals surface area contributed by atoms with Crippen LogP contribution in [0.2, 0.25) is 5.28 Å². The molecule has 0 heterocycles. The van der Waals surface area contributed by atoms with Gasteiger partial charge in [0.1, 0.15) is 24.4 Å². The first-order chi connectivity index (χ1) is 53.4. The van der Waals surface area contributed by atoms with Gasteiger partial charge in [-0.1, -0.05) is 152 Å². The van der Waals surface area contributed by atoms with Crippen LogP contribution in [0.15, 0.2) is 158 Å². The number of halogens is 2. The van der Waals surface area contributed by atoms with Crippen molar-refractivity contribution >= 4 is 32.4 Å². The topological polar surface area (TPSA) is 73.8 Å². The van der Waals surface area contributed by atoms with E-state index in [4.69, 9.17) is 58.0 Å². The second-order valence-electron chi connectivity index (χ2n) is 38.7. The van der Waals surface area contributed by atoms with Crippen molar-refractivity contribution in [2.75, 3.05) is 0 Å². The molecule has 8 nitrogen and oxygen atoms in total. The largest absolute Gasteiger partial charge is 0.519 e. The van der Waals surface area contributed by atoms with Gasteiger partial charge in [0.2, 0.25) is 0 Å². The molecule has 0 aliphatic heterocycles. The van der Waals surface area contributed by atoms with E-state index in [2.05, 4.69) is 164 Å². The van der Waals surface area contributed by atoms with Crippen molar-refractivity contribution in [3.8, 4) is 0 Å². The monoisotopic (exact) mass is 1580 g/mol. The van der Waals surface area contributed by atoms with E-state index in [0.29, 0.717) is 90.3 Å². The molecule has 0 aromatic rings. The molecule has 0 amide bonds. The molecule has 16 saturated carbocycles. The van der Waals surface area contributed by atoms with Gasteiger partial charge in [-0.3, -0.25) is 0 Å². The minimum absolute atomic E-state index is 0.133. The molecule has 16 aliphatic carbocycles. The third-order valence-corrected chi connectivity index (χ3v) is 32.4. The average molecular weight is 1580 g/mol. The highest BCUT2D eigenvalue weighted by Crippen LogP contribution is 2.57. The Bertz CT molecular complexity index is 3150. The Morgan fingerprint density at radius 1 is 0.405 bits per heavy atom. The first-order valence-corrected chi connectivity index (χ1v) is 49.4. The van der Waals surface area contributed by atoms with Crippen LogP contribution in [-0.4, -0.2) is 85.6 Å². The molecule has 29 unspecified atom stereocenters. The van der Waals surface area contributed by atoms with Crippen LogP contribution in [0.3, 0.4) is 0 Å². The van der Waals surface area contributed by atoms with Gasteiger partial charge in [0.05, 0.1) is 73.9 Å². The molecule has 16 fully saturated rings. The fourth-order valence-corrected chi connectivity index (χ4v) is 24.8. The Kier molecular flexibility index (Phi) is 34.9. The van der Waals surface area contributed by atoms with Crippen LogP contribution in [0.5, 0.6) is 0 Å². The lowest BCUT2D eigenvalue weighted by molar-refractivity contribution is -0.127. The minimum atomic E-state index is -1.21. The molecule has 0 saturated heterocycles. The Morgan fingerprint density at radius 3 is 1.07 bits per heavy atom. The van der Waals surface area contributed by atoms with Gasteiger partial charge in [-0.15, -0.1) is 13.2 Å².